The second-order valence-corrected chi connectivity index (χ2v) is 6.29. The molecule has 0 radical (unpaired) electrons. The van der Waals surface area contributed by atoms with Crippen LogP contribution in [-0.4, -0.2) is 5.91 Å². The monoisotopic (exact) mass is 359 g/mol. The third-order valence-corrected chi connectivity index (χ3v) is 4.69. The molecule has 1 unspecified atom stereocenters. The first-order valence-corrected chi connectivity index (χ1v) is 8.03. The molecule has 0 bridgehead atoms. The smallest absolute Gasteiger partial charge is 0.325 e. The first-order valence-electron chi connectivity index (χ1n) is 8.03. The number of halogens is 4. The molecule has 1 N–H and O–H groups in total. The zero-order valence-corrected chi connectivity index (χ0v) is 13.4. The van der Waals surface area contributed by atoms with E-state index in [0.717, 1.165) is 28.5 Å². The second kappa shape index (κ2) is 5.83. The van der Waals surface area contributed by atoms with Gasteiger partial charge in [-0.15, -0.1) is 0 Å². The van der Waals surface area contributed by atoms with Gasteiger partial charge in [0.05, 0.1) is 11.3 Å². The maximum atomic E-state index is 13.6. The van der Waals surface area contributed by atoms with Crippen molar-refractivity contribution >= 4 is 22.4 Å². The van der Waals surface area contributed by atoms with E-state index in [0.29, 0.717) is 5.69 Å². The lowest BCUT2D eigenvalue weighted by molar-refractivity contribution is -0.140. The van der Waals surface area contributed by atoms with Crippen LogP contribution in [0, 0.1) is 5.82 Å². The first-order chi connectivity index (χ1) is 12.3. The molecular weight excluding hydrogens is 346 g/mol. The molecule has 1 amide bonds. The summed E-state index contributed by atoms with van der Waals surface area (Å²) in [6.45, 7) is 0. The van der Waals surface area contributed by atoms with Gasteiger partial charge < -0.3 is 5.32 Å². The molecule has 26 heavy (non-hydrogen) atoms. The Morgan fingerprint density at radius 3 is 2.54 bits per heavy atom. The predicted octanol–water partition coefficient (Wildman–Crippen LogP) is 5.47. The van der Waals surface area contributed by atoms with Gasteiger partial charge in [-0.25, -0.2) is 4.39 Å². The largest absolute Gasteiger partial charge is 0.419 e. The molecule has 0 saturated heterocycles. The van der Waals surface area contributed by atoms with Crippen LogP contribution in [0.3, 0.4) is 0 Å². The number of anilines is 1. The Bertz CT molecular complexity index is 1030. The Kier molecular flexibility index (Phi) is 3.72. The van der Waals surface area contributed by atoms with Crippen LogP contribution < -0.4 is 5.32 Å². The average Bonchev–Trinajstić information content (AvgIpc) is 2.60. The molecule has 4 rings (SSSR count). The minimum Gasteiger partial charge on any atom is -0.325 e. The Morgan fingerprint density at radius 2 is 1.77 bits per heavy atom. The van der Waals surface area contributed by atoms with E-state index in [4.69, 9.17) is 0 Å². The summed E-state index contributed by atoms with van der Waals surface area (Å²) in [5.41, 5.74) is 0.277. The van der Waals surface area contributed by atoms with Gasteiger partial charge in [-0.3, -0.25) is 4.79 Å². The fourth-order valence-corrected chi connectivity index (χ4v) is 3.48. The zero-order chi connectivity index (χ0) is 18.5. The molecular formula is C20H13F4NO. The highest BCUT2D eigenvalue weighted by Gasteiger charge is 2.36. The molecule has 3 aromatic carbocycles. The summed E-state index contributed by atoms with van der Waals surface area (Å²) in [6, 6.07) is 14.0. The number of carbonyl (C=O) groups excluding carboxylic acids is 1. The van der Waals surface area contributed by atoms with E-state index in [1.807, 2.05) is 30.3 Å². The summed E-state index contributed by atoms with van der Waals surface area (Å²) >= 11 is 0. The molecule has 0 saturated carbocycles. The van der Waals surface area contributed by atoms with E-state index in [1.54, 1.807) is 6.07 Å². The maximum absolute atomic E-state index is 13.6. The molecule has 1 aliphatic rings. The van der Waals surface area contributed by atoms with E-state index in [2.05, 4.69) is 5.32 Å². The van der Waals surface area contributed by atoms with Gasteiger partial charge in [-0.1, -0.05) is 42.5 Å². The van der Waals surface area contributed by atoms with Crippen LogP contribution in [0.15, 0.2) is 54.6 Å². The van der Waals surface area contributed by atoms with Gasteiger partial charge in [0.2, 0.25) is 5.91 Å². The molecule has 3 aromatic rings. The lowest BCUT2D eigenvalue weighted by Crippen LogP contribution is -2.24. The van der Waals surface area contributed by atoms with Crippen LogP contribution >= 0.6 is 0 Å². The topological polar surface area (TPSA) is 29.1 Å². The summed E-state index contributed by atoms with van der Waals surface area (Å²) in [5, 5.41) is 4.56. The Labute approximate surface area is 146 Å². The minimum atomic E-state index is -4.79. The maximum Gasteiger partial charge on any atom is 0.419 e. The van der Waals surface area contributed by atoms with Crippen molar-refractivity contribution in [2.45, 2.75) is 18.5 Å². The van der Waals surface area contributed by atoms with Crippen molar-refractivity contribution in [3.05, 3.63) is 77.1 Å². The van der Waals surface area contributed by atoms with Crippen molar-refractivity contribution in [2.75, 3.05) is 5.32 Å². The number of rotatable bonds is 1. The van der Waals surface area contributed by atoms with Crippen LogP contribution in [0.4, 0.5) is 23.2 Å². The van der Waals surface area contributed by atoms with Crippen LogP contribution in [0.2, 0.25) is 0 Å². The van der Waals surface area contributed by atoms with Gasteiger partial charge in [0.25, 0.3) is 0 Å². The summed E-state index contributed by atoms with van der Waals surface area (Å²) in [5.74, 6) is -2.16. The van der Waals surface area contributed by atoms with E-state index in [9.17, 15) is 22.4 Å². The van der Waals surface area contributed by atoms with E-state index in [-0.39, 0.29) is 17.9 Å². The van der Waals surface area contributed by atoms with E-state index >= 15 is 0 Å². The quantitative estimate of drug-likeness (QED) is 0.574. The molecule has 6 heteroatoms. The third kappa shape index (κ3) is 2.71. The van der Waals surface area contributed by atoms with Gasteiger partial charge >= 0.3 is 6.18 Å². The van der Waals surface area contributed by atoms with Crippen molar-refractivity contribution in [2.24, 2.45) is 0 Å². The molecule has 2 nitrogen and oxygen atoms in total. The number of hydrogen-bond donors (Lipinski definition) is 1. The van der Waals surface area contributed by atoms with Crippen molar-refractivity contribution in [3.8, 4) is 0 Å². The highest BCUT2D eigenvalue weighted by Crippen LogP contribution is 2.42. The fraction of sp³-hybridized carbons (Fsp3) is 0.150. The molecule has 1 atom stereocenters. The lowest BCUT2D eigenvalue weighted by atomic mass is 9.83. The lowest BCUT2D eigenvalue weighted by Gasteiger charge is -2.27. The van der Waals surface area contributed by atoms with Crippen molar-refractivity contribution in [3.63, 3.8) is 0 Å². The molecule has 1 aliphatic heterocycles. The molecule has 0 fully saturated rings. The fourth-order valence-electron chi connectivity index (χ4n) is 3.48. The summed E-state index contributed by atoms with van der Waals surface area (Å²) in [7, 11) is 0. The van der Waals surface area contributed by atoms with Gasteiger partial charge in [0.15, 0.2) is 0 Å². The summed E-state index contributed by atoms with van der Waals surface area (Å²) in [4.78, 5) is 12.2. The molecule has 0 aromatic heterocycles. The van der Waals surface area contributed by atoms with Crippen LogP contribution in [0.1, 0.15) is 29.0 Å². The molecule has 0 spiro atoms. The number of fused-ring (bicyclic) bond motifs is 3. The average molecular weight is 359 g/mol. The van der Waals surface area contributed by atoms with Crippen molar-refractivity contribution in [1.29, 1.82) is 0 Å². The molecule has 0 aliphatic carbocycles. The number of nitrogens with one attached hydrogen (secondary N) is 1. The van der Waals surface area contributed by atoms with Crippen molar-refractivity contribution < 1.29 is 22.4 Å². The highest BCUT2D eigenvalue weighted by molar-refractivity contribution is 6.06. The normalized spacial score (nSPS) is 17.1. The third-order valence-electron chi connectivity index (χ3n) is 4.69. The second-order valence-electron chi connectivity index (χ2n) is 6.29. The SMILES string of the molecule is O=C1CC(c2ccc(F)c(C(F)(F)F)c2)c2ccc3ccccc3c2N1. The van der Waals surface area contributed by atoms with Gasteiger partial charge in [0, 0.05) is 17.7 Å². The van der Waals surface area contributed by atoms with Gasteiger partial charge in [0.1, 0.15) is 5.82 Å². The molecule has 132 valence electrons. The zero-order valence-electron chi connectivity index (χ0n) is 13.4. The summed E-state index contributed by atoms with van der Waals surface area (Å²) in [6.07, 6.45) is -4.78. The minimum absolute atomic E-state index is 0.00820. The van der Waals surface area contributed by atoms with Crippen LogP contribution in [0.5, 0.6) is 0 Å². The summed E-state index contributed by atoms with van der Waals surface area (Å²) < 4.78 is 52.8. The first kappa shape index (κ1) is 16.6. The number of benzene rings is 3. The van der Waals surface area contributed by atoms with Gasteiger partial charge in [-0.05, 0) is 28.6 Å². The van der Waals surface area contributed by atoms with Crippen LogP contribution in [0.25, 0.3) is 10.8 Å². The number of amides is 1. The Hall–Kier alpha value is -2.89. The molecule has 1 heterocycles. The standard InChI is InChI=1S/C20H13F4NO/c21-17-8-6-12(9-16(17)20(22,23)24)15-10-18(26)25-19-13-4-2-1-3-11(13)5-7-14(15)19/h1-9,15H,10H2,(H,25,26). The Balaban J connectivity index is 1.90. The van der Waals surface area contributed by atoms with E-state index < -0.39 is 23.5 Å². The van der Waals surface area contributed by atoms with E-state index in [1.165, 1.54) is 6.07 Å². The number of carbonyl (C=O) groups is 1. The predicted molar refractivity (Wildman–Crippen MR) is 90.4 cm³/mol. The van der Waals surface area contributed by atoms with Gasteiger partial charge in [-0.2, -0.15) is 13.2 Å². The number of hydrogen-bond acceptors (Lipinski definition) is 1. The van der Waals surface area contributed by atoms with Crippen molar-refractivity contribution in [1.82, 2.24) is 0 Å². The highest BCUT2D eigenvalue weighted by atomic mass is 19.4. The number of alkyl halides is 3. The Morgan fingerprint density at radius 1 is 1.00 bits per heavy atom. The van der Waals surface area contributed by atoms with Crippen LogP contribution in [-0.2, 0) is 11.0 Å².